The molecule has 0 spiro atoms. The van der Waals surface area contributed by atoms with E-state index in [-0.39, 0.29) is 23.0 Å². The predicted molar refractivity (Wildman–Crippen MR) is 133 cm³/mol. The molecule has 0 aliphatic carbocycles. The Morgan fingerprint density at radius 2 is 1.47 bits per heavy atom. The SMILES string of the molecule is CNC(=O)[C@H](C)N(Cc1ccccc1)C(=O)CN(c1ccc(Cl)cc1)S(=O)(=O)c1ccccc1. The summed E-state index contributed by atoms with van der Waals surface area (Å²) in [5.41, 5.74) is 1.10. The minimum absolute atomic E-state index is 0.0479. The molecule has 0 unspecified atom stereocenters. The van der Waals surface area contributed by atoms with Gasteiger partial charge in [-0.2, -0.15) is 0 Å². The monoisotopic (exact) mass is 499 g/mol. The van der Waals surface area contributed by atoms with Crippen molar-refractivity contribution in [3.05, 3.63) is 95.5 Å². The van der Waals surface area contributed by atoms with Crippen molar-refractivity contribution in [3.63, 3.8) is 0 Å². The quantitative estimate of drug-likeness (QED) is 0.486. The standard InChI is InChI=1S/C25H26ClN3O4S/c1-19(25(31)27-2)28(17-20-9-5-3-6-10-20)24(30)18-29(22-15-13-21(26)14-16-22)34(32,33)23-11-7-4-8-12-23/h3-16,19H,17-18H2,1-2H3,(H,27,31)/t19-/m0/s1. The van der Waals surface area contributed by atoms with Crippen LogP contribution >= 0.6 is 11.6 Å². The number of nitrogens with one attached hydrogen (secondary N) is 1. The molecular weight excluding hydrogens is 474 g/mol. The fraction of sp³-hybridized carbons (Fsp3) is 0.200. The van der Waals surface area contributed by atoms with Crippen LogP contribution in [0.25, 0.3) is 0 Å². The number of likely N-dealkylation sites (N-methyl/N-ethyl adjacent to an activating group) is 1. The summed E-state index contributed by atoms with van der Waals surface area (Å²) in [4.78, 5) is 27.4. The third-order valence-corrected chi connectivity index (χ3v) is 7.37. The van der Waals surface area contributed by atoms with Crippen LogP contribution in [0.5, 0.6) is 0 Å². The topological polar surface area (TPSA) is 86.8 Å². The molecule has 3 rings (SSSR count). The second kappa shape index (κ2) is 11.2. The van der Waals surface area contributed by atoms with Crippen molar-refractivity contribution in [1.29, 1.82) is 0 Å². The first-order valence-electron chi connectivity index (χ1n) is 10.6. The van der Waals surface area contributed by atoms with Crippen molar-refractivity contribution in [2.75, 3.05) is 17.9 Å². The van der Waals surface area contributed by atoms with Crippen molar-refractivity contribution < 1.29 is 18.0 Å². The second-order valence-corrected chi connectivity index (χ2v) is 9.90. The van der Waals surface area contributed by atoms with Crippen molar-refractivity contribution in [2.45, 2.75) is 24.4 Å². The lowest BCUT2D eigenvalue weighted by molar-refractivity contribution is -0.139. The molecule has 0 aliphatic rings. The van der Waals surface area contributed by atoms with Crippen molar-refractivity contribution in [3.8, 4) is 0 Å². The van der Waals surface area contributed by atoms with E-state index in [4.69, 9.17) is 11.6 Å². The molecule has 3 aromatic carbocycles. The van der Waals surface area contributed by atoms with Gasteiger partial charge >= 0.3 is 0 Å². The maximum absolute atomic E-state index is 13.6. The van der Waals surface area contributed by atoms with Gasteiger partial charge in [-0.15, -0.1) is 0 Å². The molecule has 0 heterocycles. The van der Waals surface area contributed by atoms with Gasteiger partial charge in [0.15, 0.2) is 0 Å². The molecular formula is C25H26ClN3O4S. The zero-order chi connectivity index (χ0) is 24.7. The highest BCUT2D eigenvalue weighted by Crippen LogP contribution is 2.26. The minimum atomic E-state index is -4.08. The summed E-state index contributed by atoms with van der Waals surface area (Å²) in [5.74, 6) is -0.873. The predicted octanol–water partition coefficient (Wildman–Crippen LogP) is 3.70. The molecule has 0 radical (unpaired) electrons. The fourth-order valence-electron chi connectivity index (χ4n) is 3.43. The molecule has 3 aromatic rings. The van der Waals surface area contributed by atoms with Gasteiger partial charge in [0.2, 0.25) is 11.8 Å². The number of carbonyl (C=O) groups is 2. The molecule has 1 atom stereocenters. The van der Waals surface area contributed by atoms with Crippen LogP contribution in [-0.4, -0.2) is 44.8 Å². The first-order valence-corrected chi connectivity index (χ1v) is 12.4. The van der Waals surface area contributed by atoms with Gasteiger partial charge in [-0.3, -0.25) is 13.9 Å². The van der Waals surface area contributed by atoms with Gasteiger partial charge in [0, 0.05) is 18.6 Å². The number of benzene rings is 3. The summed E-state index contributed by atoms with van der Waals surface area (Å²) in [6.45, 7) is 1.26. The largest absolute Gasteiger partial charge is 0.357 e. The Morgan fingerprint density at radius 3 is 2.03 bits per heavy atom. The first kappa shape index (κ1) is 25.3. The number of halogens is 1. The Bertz CT molecular complexity index is 1220. The van der Waals surface area contributed by atoms with Crippen LogP contribution in [-0.2, 0) is 26.2 Å². The first-order chi connectivity index (χ1) is 16.2. The van der Waals surface area contributed by atoms with Crippen LogP contribution in [0.3, 0.4) is 0 Å². The number of anilines is 1. The van der Waals surface area contributed by atoms with Crippen molar-refractivity contribution in [2.24, 2.45) is 0 Å². The van der Waals surface area contributed by atoms with E-state index < -0.39 is 28.5 Å². The van der Waals surface area contributed by atoms with Gasteiger partial charge in [0.25, 0.3) is 10.0 Å². The van der Waals surface area contributed by atoms with Crippen molar-refractivity contribution >= 4 is 39.1 Å². The van der Waals surface area contributed by atoms with Crippen LogP contribution in [0.15, 0.2) is 89.8 Å². The molecule has 0 aliphatic heterocycles. The fourth-order valence-corrected chi connectivity index (χ4v) is 4.99. The van der Waals surface area contributed by atoms with Crippen LogP contribution in [0.2, 0.25) is 5.02 Å². The second-order valence-electron chi connectivity index (χ2n) is 7.60. The number of rotatable bonds is 9. The maximum Gasteiger partial charge on any atom is 0.264 e. The zero-order valence-electron chi connectivity index (χ0n) is 18.9. The molecule has 0 bridgehead atoms. The Kier molecular flexibility index (Phi) is 8.31. The molecule has 178 valence electrons. The summed E-state index contributed by atoms with van der Waals surface area (Å²) in [6.07, 6.45) is 0. The third kappa shape index (κ3) is 5.95. The molecule has 9 heteroatoms. The van der Waals surface area contributed by atoms with E-state index in [1.54, 1.807) is 49.4 Å². The molecule has 34 heavy (non-hydrogen) atoms. The van der Waals surface area contributed by atoms with E-state index >= 15 is 0 Å². The number of nitrogens with zero attached hydrogens (tertiary/aromatic N) is 2. The molecule has 0 fully saturated rings. The van der Waals surface area contributed by atoms with Gasteiger partial charge in [-0.25, -0.2) is 8.42 Å². The van der Waals surface area contributed by atoms with Crippen molar-refractivity contribution in [1.82, 2.24) is 10.2 Å². The number of hydrogen-bond acceptors (Lipinski definition) is 4. The normalized spacial score (nSPS) is 12.0. The average Bonchev–Trinajstić information content (AvgIpc) is 2.86. The molecule has 7 nitrogen and oxygen atoms in total. The molecule has 0 saturated carbocycles. The van der Waals surface area contributed by atoms with Crippen LogP contribution < -0.4 is 9.62 Å². The summed E-state index contributed by atoms with van der Waals surface area (Å²) < 4.78 is 28.1. The average molecular weight is 500 g/mol. The summed E-state index contributed by atoms with van der Waals surface area (Å²) in [7, 11) is -2.59. The Balaban J connectivity index is 2.00. The maximum atomic E-state index is 13.6. The smallest absolute Gasteiger partial charge is 0.264 e. The van der Waals surface area contributed by atoms with E-state index in [0.717, 1.165) is 9.87 Å². The van der Waals surface area contributed by atoms with Gasteiger partial charge in [-0.1, -0.05) is 60.1 Å². The zero-order valence-corrected chi connectivity index (χ0v) is 20.5. The van der Waals surface area contributed by atoms with E-state index in [9.17, 15) is 18.0 Å². The van der Waals surface area contributed by atoms with E-state index in [2.05, 4.69) is 5.32 Å². The summed E-state index contributed by atoms with van der Waals surface area (Å²) >= 11 is 6.00. The molecule has 0 saturated heterocycles. The Morgan fingerprint density at radius 1 is 0.912 bits per heavy atom. The summed E-state index contributed by atoms with van der Waals surface area (Å²) in [6, 6.07) is 22.5. The van der Waals surface area contributed by atoms with Crippen LogP contribution in [0.4, 0.5) is 5.69 Å². The lowest BCUT2D eigenvalue weighted by Crippen LogP contribution is -2.50. The Labute approximate surface area is 205 Å². The molecule has 2 amide bonds. The van der Waals surface area contributed by atoms with Crippen LogP contribution in [0.1, 0.15) is 12.5 Å². The minimum Gasteiger partial charge on any atom is -0.357 e. The number of sulfonamides is 1. The number of hydrogen-bond donors (Lipinski definition) is 1. The van der Waals surface area contributed by atoms with E-state index in [1.807, 2.05) is 30.3 Å². The van der Waals surface area contributed by atoms with Gasteiger partial charge in [0.05, 0.1) is 10.6 Å². The lowest BCUT2D eigenvalue weighted by Gasteiger charge is -2.31. The third-order valence-electron chi connectivity index (χ3n) is 5.33. The highest BCUT2D eigenvalue weighted by Gasteiger charge is 2.32. The number of amides is 2. The van der Waals surface area contributed by atoms with Gasteiger partial charge < -0.3 is 10.2 Å². The Hall–Kier alpha value is -3.36. The molecule has 1 N–H and O–H groups in total. The lowest BCUT2D eigenvalue weighted by atomic mass is 10.1. The number of carbonyl (C=O) groups excluding carboxylic acids is 2. The van der Waals surface area contributed by atoms with Gasteiger partial charge in [0.1, 0.15) is 12.6 Å². The highest BCUT2D eigenvalue weighted by molar-refractivity contribution is 7.92. The van der Waals surface area contributed by atoms with Gasteiger partial charge in [-0.05, 0) is 48.9 Å². The summed E-state index contributed by atoms with van der Waals surface area (Å²) in [5, 5.41) is 2.99. The molecule has 0 aromatic heterocycles. The van der Waals surface area contributed by atoms with Crippen LogP contribution in [0, 0.1) is 0 Å². The highest BCUT2D eigenvalue weighted by atomic mass is 35.5. The van der Waals surface area contributed by atoms with E-state index in [0.29, 0.717) is 5.02 Å². The van der Waals surface area contributed by atoms with E-state index in [1.165, 1.54) is 24.1 Å².